The second-order valence-corrected chi connectivity index (χ2v) is 10.2. The van der Waals surface area contributed by atoms with Crippen molar-refractivity contribution < 1.29 is 24.2 Å². The molecule has 0 aromatic heterocycles. The molecule has 2 heterocycles. The molecule has 2 saturated carbocycles. The van der Waals surface area contributed by atoms with Crippen LogP contribution < -0.4 is 9.47 Å². The third-order valence-corrected chi connectivity index (χ3v) is 8.76. The Morgan fingerprint density at radius 3 is 2.78 bits per heavy atom. The van der Waals surface area contributed by atoms with Gasteiger partial charge in [-0.2, -0.15) is 0 Å². The molecule has 1 saturated heterocycles. The van der Waals surface area contributed by atoms with Gasteiger partial charge in [-0.25, -0.2) is 4.79 Å². The van der Waals surface area contributed by atoms with Crippen molar-refractivity contribution >= 4 is 11.9 Å². The summed E-state index contributed by atoms with van der Waals surface area (Å²) >= 11 is 0. The average Bonchev–Trinajstić information content (AvgIpc) is 3.51. The molecule has 0 radical (unpaired) electrons. The fourth-order valence-corrected chi connectivity index (χ4v) is 6.97. The molecule has 2 bridgehead atoms. The Morgan fingerprint density at radius 2 is 2.06 bits per heavy atom. The summed E-state index contributed by atoms with van der Waals surface area (Å²) < 4.78 is 12.1. The number of rotatable bonds is 5. The fraction of sp³-hybridized carbons (Fsp3) is 0.680. The van der Waals surface area contributed by atoms with Crippen LogP contribution in [0.5, 0.6) is 11.5 Å². The van der Waals surface area contributed by atoms with Gasteiger partial charge in [0.05, 0.1) is 11.0 Å². The minimum atomic E-state index is -1.00. The van der Waals surface area contributed by atoms with Crippen LogP contribution in [0.3, 0.4) is 0 Å². The van der Waals surface area contributed by atoms with E-state index in [1.807, 2.05) is 19.9 Å². The van der Waals surface area contributed by atoms with Crippen molar-refractivity contribution in [3.8, 4) is 11.5 Å². The Kier molecular flexibility index (Phi) is 4.44. The van der Waals surface area contributed by atoms with Gasteiger partial charge in [-0.3, -0.25) is 9.69 Å². The van der Waals surface area contributed by atoms with Crippen molar-refractivity contribution in [3.05, 3.63) is 23.3 Å². The summed E-state index contributed by atoms with van der Waals surface area (Å²) in [5.74, 6) is 1.65. The summed E-state index contributed by atoms with van der Waals surface area (Å²) in [5.41, 5.74) is 0.298. The third-order valence-electron chi connectivity index (χ3n) is 8.76. The predicted molar refractivity (Wildman–Crippen MR) is 117 cm³/mol. The van der Waals surface area contributed by atoms with Crippen LogP contribution in [-0.2, 0) is 16.6 Å². The molecule has 7 heteroatoms. The second kappa shape index (κ2) is 6.94. The number of ketones is 1. The van der Waals surface area contributed by atoms with Gasteiger partial charge < -0.3 is 19.5 Å². The number of likely N-dealkylation sites (tertiary alicyclic amines) is 1. The molecule has 1 aromatic carbocycles. The van der Waals surface area contributed by atoms with Gasteiger partial charge >= 0.3 is 6.09 Å². The van der Waals surface area contributed by atoms with Gasteiger partial charge in [0, 0.05) is 37.7 Å². The molecule has 3 fully saturated rings. The first-order valence-electron chi connectivity index (χ1n) is 12.2. The Morgan fingerprint density at radius 1 is 1.28 bits per heavy atom. The third kappa shape index (κ3) is 2.55. The van der Waals surface area contributed by atoms with Gasteiger partial charge in [0.25, 0.3) is 0 Å². The van der Waals surface area contributed by atoms with E-state index in [0.717, 1.165) is 36.6 Å². The van der Waals surface area contributed by atoms with Crippen LogP contribution in [0.15, 0.2) is 12.1 Å². The number of nitrogens with zero attached hydrogens (tertiary/aromatic N) is 2. The highest BCUT2D eigenvalue weighted by molar-refractivity contribution is 5.90. The van der Waals surface area contributed by atoms with E-state index in [1.54, 1.807) is 11.0 Å². The molecule has 3 aliphatic carbocycles. The van der Waals surface area contributed by atoms with Crippen molar-refractivity contribution in [2.75, 3.05) is 26.2 Å². The first-order chi connectivity index (χ1) is 15.4. The quantitative estimate of drug-likeness (QED) is 0.758. The SMILES string of the molecule is CCN(CC)C(=O)Oc1ccc2c3c1O[C@H]1C(=O)CC[C@@]4(O)[C@@H](C2)N(CC2CC2)CC[C@]314. The van der Waals surface area contributed by atoms with E-state index in [9.17, 15) is 14.7 Å². The molecular weight excluding hydrogens is 408 g/mol. The lowest BCUT2D eigenvalue weighted by molar-refractivity contribution is -0.188. The van der Waals surface area contributed by atoms with Gasteiger partial charge in [0.1, 0.15) is 0 Å². The molecule has 6 rings (SSSR count). The number of hydrogen-bond donors (Lipinski definition) is 1. The Balaban J connectivity index is 1.45. The highest BCUT2D eigenvalue weighted by atomic mass is 16.6. The van der Waals surface area contributed by atoms with Crippen LogP contribution in [-0.4, -0.2) is 70.7 Å². The van der Waals surface area contributed by atoms with Gasteiger partial charge in [-0.1, -0.05) is 6.07 Å². The molecule has 7 nitrogen and oxygen atoms in total. The summed E-state index contributed by atoms with van der Waals surface area (Å²) in [6, 6.07) is 3.82. The molecule has 4 atom stereocenters. The highest BCUT2D eigenvalue weighted by Crippen LogP contribution is 2.65. The van der Waals surface area contributed by atoms with Crippen molar-refractivity contribution in [2.24, 2.45) is 5.92 Å². The summed E-state index contributed by atoms with van der Waals surface area (Å²) in [5, 5.41) is 12.3. The normalized spacial score (nSPS) is 34.7. The second-order valence-electron chi connectivity index (χ2n) is 10.2. The number of benzene rings is 1. The molecule has 1 aromatic rings. The topological polar surface area (TPSA) is 79.3 Å². The number of carbonyl (C=O) groups is 2. The Labute approximate surface area is 188 Å². The lowest BCUT2D eigenvalue weighted by atomic mass is 9.49. The first-order valence-corrected chi connectivity index (χ1v) is 12.2. The van der Waals surface area contributed by atoms with E-state index in [0.29, 0.717) is 43.9 Å². The lowest BCUT2D eigenvalue weighted by Crippen LogP contribution is -2.76. The maximum Gasteiger partial charge on any atom is 0.415 e. The Hall–Kier alpha value is -2.12. The van der Waals surface area contributed by atoms with Crippen LogP contribution >= 0.6 is 0 Å². The molecule has 172 valence electrons. The lowest BCUT2D eigenvalue weighted by Gasteiger charge is -2.62. The standard InChI is InChI=1S/C25H32N2O5/c1-3-26(4-2)23(29)31-18-8-7-16-13-19-25(30)10-9-17(28)22-24(25,20(16)21(18)32-22)11-12-27(19)14-15-5-6-15/h7-8,15,19,22,30H,3-6,9-14H2,1-2H3/t19-,22+,24+,25-/m1/s1. The maximum absolute atomic E-state index is 13.1. The summed E-state index contributed by atoms with van der Waals surface area (Å²) in [6.45, 7) is 6.83. The number of Topliss-reactive ketones (excluding diaryl/α,β-unsaturated/α-hetero) is 1. The molecule has 1 N–H and O–H groups in total. The minimum Gasteiger partial charge on any atom is -0.477 e. The van der Waals surface area contributed by atoms with E-state index >= 15 is 0 Å². The van der Waals surface area contributed by atoms with Gasteiger partial charge in [-0.15, -0.1) is 0 Å². The van der Waals surface area contributed by atoms with Crippen LogP contribution in [0.4, 0.5) is 4.79 Å². The summed E-state index contributed by atoms with van der Waals surface area (Å²) in [6.07, 6.45) is 3.66. The number of ether oxygens (including phenoxy) is 2. The van der Waals surface area contributed by atoms with Crippen LogP contribution in [0.2, 0.25) is 0 Å². The zero-order valence-corrected chi connectivity index (χ0v) is 18.9. The highest BCUT2D eigenvalue weighted by Gasteiger charge is 2.73. The first kappa shape index (κ1) is 20.5. The monoisotopic (exact) mass is 440 g/mol. The predicted octanol–water partition coefficient (Wildman–Crippen LogP) is 2.66. The van der Waals surface area contributed by atoms with Gasteiger partial charge in [-0.05, 0) is 70.0 Å². The van der Waals surface area contributed by atoms with E-state index in [-0.39, 0.29) is 11.8 Å². The molecule has 2 aliphatic heterocycles. The van der Waals surface area contributed by atoms with E-state index in [4.69, 9.17) is 9.47 Å². The number of piperidine rings is 1. The smallest absolute Gasteiger partial charge is 0.415 e. The zero-order chi connectivity index (χ0) is 22.3. The van der Waals surface area contributed by atoms with Crippen molar-refractivity contribution in [1.82, 2.24) is 9.80 Å². The van der Waals surface area contributed by atoms with Crippen molar-refractivity contribution in [1.29, 1.82) is 0 Å². The molecular formula is C25H32N2O5. The van der Waals surface area contributed by atoms with Crippen LogP contribution in [0.1, 0.15) is 57.1 Å². The molecule has 5 aliphatic rings. The van der Waals surface area contributed by atoms with Gasteiger partial charge in [0.15, 0.2) is 23.4 Å². The van der Waals surface area contributed by atoms with Crippen molar-refractivity contribution in [3.63, 3.8) is 0 Å². The number of carbonyl (C=O) groups excluding carboxylic acids is 2. The van der Waals surface area contributed by atoms with E-state index in [2.05, 4.69) is 4.90 Å². The fourth-order valence-electron chi connectivity index (χ4n) is 6.97. The average molecular weight is 441 g/mol. The molecule has 32 heavy (non-hydrogen) atoms. The van der Waals surface area contributed by atoms with Crippen LogP contribution in [0.25, 0.3) is 0 Å². The largest absolute Gasteiger partial charge is 0.477 e. The number of amides is 1. The van der Waals surface area contributed by atoms with E-state index < -0.39 is 23.2 Å². The van der Waals surface area contributed by atoms with Crippen molar-refractivity contribution in [2.45, 2.75) is 75.5 Å². The van der Waals surface area contributed by atoms with E-state index in [1.165, 1.54) is 12.8 Å². The summed E-state index contributed by atoms with van der Waals surface area (Å²) in [7, 11) is 0. The van der Waals surface area contributed by atoms with Gasteiger partial charge in [0.2, 0.25) is 0 Å². The minimum absolute atomic E-state index is 0.00132. The summed E-state index contributed by atoms with van der Waals surface area (Å²) in [4.78, 5) is 29.9. The maximum atomic E-state index is 13.1. The zero-order valence-electron chi connectivity index (χ0n) is 18.9. The van der Waals surface area contributed by atoms with Crippen LogP contribution in [0, 0.1) is 5.92 Å². The molecule has 0 unspecified atom stereocenters. The number of hydrogen-bond acceptors (Lipinski definition) is 6. The molecule has 1 spiro atoms. The number of aliphatic hydroxyl groups is 1. The molecule has 1 amide bonds. The Bertz CT molecular complexity index is 987.